The molecule has 8 nitrogen and oxygen atoms in total. The molecule has 1 aromatic carbocycles. The Morgan fingerprint density at radius 3 is 2.61 bits per heavy atom. The molecular weight excluding hydrogens is 298 g/mol. The first-order valence-electron chi connectivity index (χ1n) is 6.88. The summed E-state index contributed by atoms with van der Waals surface area (Å²) in [6.45, 7) is 1.63. The molecule has 8 heteroatoms. The Morgan fingerprint density at radius 2 is 1.91 bits per heavy atom. The summed E-state index contributed by atoms with van der Waals surface area (Å²) in [7, 11) is 0. The van der Waals surface area contributed by atoms with Crippen LogP contribution in [0.4, 0.5) is 10.5 Å². The van der Waals surface area contributed by atoms with Crippen LogP contribution >= 0.6 is 0 Å². The molecule has 0 fully saturated rings. The molecule has 0 atom stereocenters. The van der Waals surface area contributed by atoms with Gasteiger partial charge >= 0.3 is 6.03 Å². The van der Waals surface area contributed by atoms with Crippen molar-refractivity contribution >= 4 is 23.5 Å². The molecule has 120 valence electrons. The molecule has 23 heavy (non-hydrogen) atoms. The van der Waals surface area contributed by atoms with E-state index in [9.17, 15) is 14.4 Å². The van der Waals surface area contributed by atoms with E-state index >= 15 is 0 Å². The first-order valence-corrected chi connectivity index (χ1v) is 6.88. The standard InChI is InChI=1S/C15H17N5O3/c1-10-4-2-5-11(8-10)18-15(23)17-9-13(21)19-20-14(22)12-6-3-7-16-12/h2-8,16H,9H2,1H3,(H,19,21)(H,20,22)(H2,17,18,23). The van der Waals surface area contributed by atoms with Crippen LogP contribution in [0.5, 0.6) is 0 Å². The van der Waals surface area contributed by atoms with Gasteiger partial charge in [-0.1, -0.05) is 12.1 Å². The summed E-state index contributed by atoms with van der Waals surface area (Å²) < 4.78 is 0. The minimum absolute atomic E-state index is 0.275. The zero-order valence-corrected chi connectivity index (χ0v) is 12.5. The van der Waals surface area contributed by atoms with Gasteiger partial charge in [0.05, 0.1) is 0 Å². The SMILES string of the molecule is Cc1cccc(NC(=O)NCC(=O)NNC(=O)c2ccc[nH]2)c1. The van der Waals surface area contributed by atoms with Crippen LogP contribution in [-0.2, 0) is 4.79 Å². The van der Waals surface area contributed by atoms with E-state index in [4.69, 9.17) is 0 Å². The number of hydrogen-bond donors (Lipinski definition) is 5. The van der Waals surface area contributed by atoms with Crippen molar-refractivity contribution in [3.8, 4) is 0 Å². The van der Waals surface area contributed by atoms with Crippen LogP contribution in [0.1, 0.15) is 16.1 Å². The highest BCUT2D eigenvalue weighted by Crippen LogP contribution is 2.08. The predicted octanol–water partition coefficient (Wildman–Crippen LogP) is 0.906. The lowest BCUT2D eigenvalue weighted by molar-refractivity contribution is -0.120. The smallest absolute Gasteiger partial charge is 0.319 e. The quantitative estimate of drug-likeness (QED) is 0.540. The first kappa shape index (κ1) is 16.1. The van der Waals surface area contributed by atoms with Gasteiger partial charge in [-0.3, -0.25) is 20.4 Å². The third kappa shape index (κ3) is 5.20. The minimum Gasteiger partial charge on any atom is -0.357 e. The largest absolute Gasteiger partial charge is 0.357 e. The van der Waals surface area contributed by atoms with Crippen molar-refractivity contribution in [2.75, 3.05) is 11.9 Å². The minimum atomic E-state index is -0.552. The molecule has 0 aliphatic rings. The molecule has 0 radical (unpaired) electrons. The van der Waals surface area contributed by atoms with E-state index in [-0.39, 0.29) is 6.54 Å². The van der Waals surface area contributed by atoms with Gasteiger partial charge < -0.3 is 15.6 Å². The fourth-order valence-electron chi connectivity index (χ4n) is 1.77. The van der Waals surface area contributed by atoms with Crippen LogP contribution in [0.15, 0.2) is 42.6 Å². The summed E-state index contributed by atoms with van der Waals surface area (Å²) in [5, 5.41) is 4.99. The molecule has 0 aliphatic heterocycles. The van der Waals surface area contributed by atoms with E-state index in [2.05, 4.69) is 26.5 Å². The summed E-state index contributed by atoms with van der Waals surface area (Å²) in [4.78, 5) is 37.5. The molecule has 0 saturated carbocycles. The van der Waals surface area contributed by atoms with Gasteiger partial charge in [-0.15, -0.1) is 0 Å². The van der Waals surface area contributed by atoms with Crippen molar-refractivity contribution in [3.05, 3.63) is 53.9 Å². The second kappa shape index (κ2) is 7.64. The molecule has 0 bridgehead atoms. The number of benzene rings is 1. The number of H-pyrrole nitrogens is 1. The van der Waals surface area contributed by atoms with Crippen LogP contribution in [0.3, 0.4) is 0 Å². The molecular formula is C15H17N5O3. The number of urea groups is 1. The van der Waals surface area contributed by atoms with Crippen molar-refractivity contribution in [3.63, 3.8) is 0 Å². The second-order valence-corrected chi connectivity index (χ2v) is 4.76. The van der Waals surface area contributed by atoms with Gasteiger partial charge in [0.2, 0.25) is 0 Å². The third-order valence-corrected chi connectivity index (χ3v) is 2.84. The van der Waals surface area contributed by atoms with E-state index in [1.54, 1.807) is 30.5 Å². The van der Waals surface area contributed by atoms with E-state index < -0.39 is 17.8 Å². The number of hydrogen-bond acceptors (Lipinski definition) is 3. The van der Waals surface area contributed by atoms with Crippen LogP contribution < -0.4 is 21.5 Å². The molecule has 2 aromatic rings. The molecule has 2 rings (SSSR count). The Balaban J connectivity index is 1.69. The van der Waals surface area contributed by atoms with Crippen LogP contribution in [0.2, 0.25) is 0 Å². The normalized spacial score (nSPS) is 9.78. The zero-order chi connectivity index (χ0) is 16.7. The lowest BCUT2D eigenvalue weighted by atomic mass is 10.2. The highest BCUT2D eigenvalue weighted by molar-refractivity contribution is 5.95. The maximum atomic E-state index is 11.7. The Morgan fingerprint density at radius 1 is 1.09 bits per heavy atom. The van der Waals surface area contributed by atoms with Gasteiger partial charge in [0.25, 0.3) is 11.8 Å². The van der Waals surface area contributed by atoms with Gasteiger partial charge in [0, 0.05) is 11.9 Å². The lowest BCUT2D eigenvalue weighted by Crippen LogP contribution is -2.47. The lowest BCUT2D eigenvalue weighted by Gasteiger charge is -2.09. The summed E-state index contributed by atoms with van der Waals surface area (Å²) in [5.41, 5.74) is 6.37. The summed E-state index contributed by atoms with van der Waals surface area (Å²) in [6, 6.07) is 9.97. The van der Waals surface area contributed by atoms with E-state index in [0.717, 1.165) is 5.56 Å². The van der Waals surface area contributed by atoms with Crippen molar-refractivity contribution in [2.24, 2.45) is 0 Å². The van der Waals surface area contributed by atoms with Crippen LogP contribution in [0, 0.1) is 6.92 Å². The van der Waals surface area contributed by atoms with E-state index in [1.165, 1.54) is 0 Å². The molecule has 0 unspecified atom stereocenters. The van der Waals surface area contributed by atoms with Gasteiger partial charge in [-0.2, -0.15) is 0 Å². The van der Waals surface area contributed by atoms with Gasteiger partial charge in [0.1, 0.15) is 12.2 Å². The summed E-state index contributed by atoms with van der Waals surface area (Å²) >= 11 is 0. The number of anilines is 1. The summed E-state index contributed by atoms with van der Waals surface area (Å²) in [5.74, 6) is -1.03. The fourth-order valence-corrected chi connectivity index (χ4v) is 1.77. The second-order valence-electron chi connectivity index (χ2n) is 4.76. The number of aromatic nitrogens is 1. The molecule has 0 aliphatic carbocycles. The van der Waals surface area contributed by atoms with Crippen LogP contribution in [-0.4, -0.2) is 29.4 Å². The Kier molecular flexibility index (Phi) is 5.35. The third-order valence-electron chi connectivity index (χ3n) is 2.84. The molecule has 5 N–H and O–H groups in total. The van der Waals surface area contributed by atoms with E-state index in [1.807, 2.05) is 19.1 Å². The number of carbonyl (C=O) groups is 3. The van der Waals surface area contributed by atoms with Crippen molar-refractivity contribution < 1.29 is 14.4 Å². The van der Waals surface area contributed by atoms with Crippen molar-refractivity contribution in [1.29, 1.82) is 0 Å². The number of rotatable bonds is 4. The zero-order valence-electron chi connectivity index (χ0n) is 12.5. The van der Waals surface area contributed by atoms with Crippen LogP contribution in [0.25, 0.3) is 0 Å². The average molecular weight is 315 g/mol. The first-order chi connectivity index (χ1) is 11.0. The maximum absolute atomic E-state index is 11.7. The number of aryl methyl sites for hydroxylation is 1. The highest BCUT2D eigenvalue weighted by Gasteiger charge is 2.09. The molecule has 1 heterocycles. The molecule has 1 aromatic heterocycles. The van der Waals surface area contributed by atoms with Crippen molar-refractivity contribution in [1.82, 2.24) is 21.2 Å². The molecule has 0 saturated heterocycles. The van der Waals surface area contributed by atoms with Gasteiger partial charge in [0.15, 0.2) is 0 Å². The molecule has 4 amide bonds. The number of carbonyl (C=O) groups excluding carboxylic acids is 3. The number of hydrazine groups is 1. The number of aromatic amines is 1. The monoisotopic (exact) mass is 315 g/mol. The topological polar surface area (TPSA) is 115 Å². The average Bonchev–Trinajstić information content (AvgIpc) is 3.05. The fraction of sp³-hybridized carbons (Fsp3) is 0.133. The maximum Gasteiger partial charge on any atom is 0.319 e. The highest BCUT2D eigenvalue weighted by atomic mass is 16.2. The Hall–Kier alpha value is -3.29. The Labute approximate surface area is 132 Å². The number of amides is 4. The number of nitrogens with one attached hydrogen (secondary N) is 5. The Bertz CT molecular complexity index is 697. The van der Waals surface area contributed by atoms with Crippen molar-refractivity contribution in [2.45, 2.75) is 6.92 Å². The van der Waals surface area contributed by atoms with E-state index in [0.29, 0.717) is 11.4 Å². The molecule has 0 spiro atoms. The summed E-state index contributed by atoms with van der Waals surface area (Å²) in [6.07, 6.45) is 1.59. The van der Waals surface area contributed by atoms with Gasteiger partial charge in [-0.25, -0.2) is 4.79 Å². The predicted molar refractivity (Wildman–Crippen MR) is 84.6 cm³/mol. The van der Waals surface area contributed by atoms with Gasteiger partial charge in [-0.05, 0) is 36.8 Å².